The second-order valence-electron chi connectivity index (χ2n) is 3.75. The minimum absolute atomic E-state index is 0.116. The highest BCUT2D eigenvalue weighted by Crippen LogP contribution is 2.42. The number of benzene rings is 2. The third kappa shape index (κ3) is 1.19. The van der Waals surface area contributed by atoms with E-state index >= 15 is 0 Å². The first kappa shape index (κ1) is 9.65. The van der Waals surface area contributed by atoms with Crippen molar-refractivity contribution in [1.82, 2.24) is 0 Å². The lowest BCUT2D eigenvalue weighted by atomic mass is 10.1. The molecule has 0 amide bonds. The summed E-state index contributed by atoms with van der Waals surface area (Å²) in [7, 11) is 0. The fourth-order valence-electron chi connectivity index (χ4n) is 1.84. The first-order valence-corrected chi connectivity index (χ1v) is 4.87. The molecule has 17 heavy (non-hydrogen) atoms. The van der Waals surface area contributed by atoms with Crippen LogP contribution in [0.3, 0.4) is 0 Å². The van der Waals surface area contributed by atoms with Crippen LogP contribution >= 0.6 is 0 Å². The molecule has 3 rings (SSSR count). The minimum Gasteiger partial charge on any atom is -0.504 e. The van der Waals surface area contributed by atoms with Gasteiger partial charge in [0.2, 0.25) is 5.75 Å². The number of furan rings is 1. The topological polar surface area (TPSA) is 94.1 Å². The Morgan fingerprint density at radius 3 is 2.24 bits per heavy atom. The second kappa shape index (κ2) is 2.98. The van der Waals surface area contributed by atoms with Crippen molar-refractivity contribution in [2.75, 3.05) is 0 Å². The van der Waals surface area contributed by atoms with Crippen molar-refractivity contribution in [3.63, 3.8) is 0 Å². The Hall–Kier alpha value is -2.56. The number of hydrogen-bond donors (Lipinski definition) is 4. The maximum Gasteiger partial charge on any atom is 0.201 e. The van der Waals surface area contributed by atoms with Crippen LogP contribution in [-0.2, 0) is 0 Å². The third-order valence-electron chi connectivity index (χ3n) is 2.69. The van der Waals surface area contributed by atoms with Crippen LogP contribution in [-0.4, -0.2) is 20.4 Å². The Balaban J connectivity index is 2.54. The molecule has 4 N–H and O–H groups in total. The van der Waals surface area contributed by atoms with Crippen LogP contribution < -0.4 is 0 Å². The maximum absolute atomic E-state index is 9.63. The van der Waals surface area contributed by atoms with Gasteiger partial charge in [-0.3, -0.25) is 0 Å². The number of phenolic OH excluding ortho intramolecular Hbond substituents is 4. The van der Waals surface area contributed by atoms with Crippen LogP contribution in [0.2, 0.25) is 0 Å². The Kier molecular flexibility index (Phi) is 1.69. The van der Waals surface area contributed by atoms with Crippen LogP contribution in [0, 0.1) is 0 Å². The van der Waals surface area contributed by atoms with E-state index in [0.717, 1.165) is 0 Å². The minimum atomic E-state index is -0.363. The van der Waals surface area contributed by atoms with Crippen molar-refractivity contribution in [3.05, 3.63) is 24.3 Å². The average Bonchev–Trinajstić information content (AvgIpc) is 2.63. The third-order valence-corrected chi connectivity index (χ3v) is 2.69. The lowest BCUT2D eigenvalue weighted by Gasteiger charge is -1.96. The molecule has 0 fully saturated rings. The number of fused-ring (bicyclic) bond motifs is 3. The van der Waals surface area contributed by atoms with E-state index in [1.54, 1.807) is 6.07 Å². The molecule has 0 saturated heterocycles. The molecular weight excluding hydrogens is 224 g/mol. The molecule has 3 aromatic rings. The van der Waals surface area contributed by atoms with Gasteiger partial charge in [0, 0.05) is 16.8 Å². The quantitative estimate of drug-likeness (QED) is 0.446. The van der Waals surface area contributed by atoms with Gasteiger partial charge in [0.25, 0.3) is 0 Å². The van der Waals surface area contributed by atoms with Crippen LogP contribution in [0.4, 0.5) is 0 Å². The van der Waals surface area contributed by atoms with Gasteiger partial charge in [-0.1, -0.05) is 0 Å². The van der Waals surface area contributed by atoms with Crippen LogP contribution in [0.15, 0.2) is 28.7 Å². The number of rotatable bonds is 0. The number of aromatic hydroxyl groups is 4. The molecule has 2 aromatic carbocycles. The van der Waals surface area contributed by atoms with Crippen LogP contribution in [0.25, 0.3) is 21.9 Å². The van der Waals surface area contributed by atoms with Gasteiger partial charge in [-0.25, -0.2) is 0 Å². The van der Waals surface area contributed by atoms with E-state index in [-0.39, 0.29) is 28.6 Å². The molecule has 5 heteroatoms. The van der Waals surface area contributed by atoms with Crippen LogP contribution in [0.5, 0.6) is 23.0 Å². The van der Waals surface area contributed by atoms with Crippen molar-refractivity contribution < 1.29 is 24.8 Å². The summed E-state index contributed by atoms with van der Waals surface area (Å²) < 4.78 is 5.32. The molecule has 0 radical (unpaired) electrons. The molecular formula is C12H8O5. The summed E-state index contributed by atoms with van der Waals surface area (Å²) in [5, 5.41) is 38.8. The van der Waals surface area contributed by atoms with E-state index < -0.39 is 0 Å². The van der Waals surface area contributed by atoms with E-state index in [0.29, 0.717) is 16.4 Å². The van der Waals surface area contributed by atoms with E-state index in [1.807, 2.05) is 0 Å². The van der Waals surface area contributed by atoms with Crippen molar-refractivity contribution in [1.29, 1.82) is 0 Å². The van der Waals surface area contributed by atoms with Gasteiger partial charge in [0.15, 0.2) is 22.8 Å². The average molecular weight is 232 g/mol. The summed E-state index contributed by atoms with van der Waals surface area (Å²) >= 11 is 0. The fraction of sp³-hybridized carbons (Fsp3) is 0. The van der Waals surface area contributed by atoms with Crippen LogP contribution in [0.1, 0.15) is 0 Å². The summed E-state index contributed by atoms with van der Waals surface area (Å²) in [6, 6.07) is 5.48. The van der Waals surface area contributed by atoms with E-state index in [2.05, 4.69) is 0 Å². The number of phenols is 4. The van der Waals surface area contributed by atoms with Crippen molar-refractivity contribution in [2.24, 2.45) is 0 Å². The normalized spacial score (nSPS) is 11.3. The molecule has 0 bridgehead atoms. The van der Waals surface area contributed by atoms with E-state index in [9.17, 15) is 20.4 Å². The highest BCUT2D eigenvalue weighted by Gasteiger charge is 2.15. The molecule has 1 aromatic heterocycles. The standard InChI is InChI=1S/C12H8O5/c13-7-2-1-5-6-3-8(14)9(15)4-10(6)17-12(5)11(7)16/h1-4,13-16H. The zero-order valence-corrected chi connectivity index (χ0v) is 8.51. The van der Waals surface area contributed by atoms with Gasteiger partial charge in [0.05, 0.1) is 0 Å². The predicted molar refractivity (Wildman–Crippen MR) is 60.4 cm³/mol. The SMILES string of the molecule is Oc1cc2oc3c(O)c(O)ccc3c2cc1O. The summed E-state index contributed by atoms with van der Waals surface area (Å²) in [4.78, 5) is 0. The molecule has 0 aliphatic rings. The fourth-order valence-corrected chi connectivity index (χ4v) is 1.84. The van der Waals surface area contributed by atoms with Gasteiger partial charge in [0.1, 0.15) is 5.58 Å². The molecule has 86 valence electrons. The van der Waals surface area contributed by atoms with Gasteiger partial charge in [-0.2, -0.15) is 0 Å². The summed E-state index contributed by atoms with van der Waals surface area (Å²) in [6.45, 7) is 0. The lowest BCUT2D eigenvalue weighted by Crippen LogP contribution is -1.71. The van der Waals surface area contributed by atoms with Gasteiger partial charge in [-0.15, -0.1) is 0 Å². The molecule has 0 aliphatic heterocycles. The zero-order valence-electron chi connectivity index (χ0n) is 8.51. The highest BCUT2D eigenvalue weighted by molar-refractivity contribution is 6.08. The zero-order chi connectivity index (χ0) is 12.2. The van der Waals surface area contributed by atoms with Crippen molar-refractivity contribution >= 4 is 21.9 Å². The van der Waals surface area contributed by atoms with Gasteiger partial charge < -0.3 is 24.8 Å². The highest BCUT2D eigenvalue weighted by atomic mass is 16.4. The lowest BCUT2D eigenvalue weighted by molar-refractivity contribution is 0.400. The molecule has 0 saturated carbocycles. The Morgan fingerprint density at radius 1 is 0.765 bits per heavy atom. The maximum atomic E-state index is 9.63. The molecule has 5 nitrogen and oxygen atoms in total. The summed E-state index contributed by atoms with van der Waals surface area (Å²) in [5.74, 6) is -1.23. The van der Waals surface area contributed by atoms with E-state index in [1.165, 1.54) is 18.2 Å². The second-order valence-corrected chi connectivity index (χ2v) is 3.75. The molecule has 0 atom stereocenters. The monoisotopic (exact) mass is 232 g/mol. The smallest absolute Gasteiger partial charge is 0.201 e. The van der Waals surface area contributed by atoms with Gasteiger partial charge in [-0.05, 0) is 18.2 Å². The van der Waals surface area contributed by atoms with Crippen molar-refractivity contribution in [3.8, 4) is 23.0 Å². The Labute approximate surface area is 94.8 Å². The first-order valence-electron chi connectivity index (χ1n) is 4.87. The first-order chi connectivity index (χ1) is 8.08. The van der Waals surface area contributed by atoms with Crippen molar-refractivity contribution in [2.45, 2.75) is 0 Å². The Morgan fingerprint density at radius 2 is 1.47 bits per heavy atom. The molecule has 1 heterocycles. The summed E-state index contributed by atoms with van der Waals surface area (Å²) in [6.07, 6.45) is 0. The summed E-state index contributed by atoms with van der Waals surface area (Å²) in [5.41, 5.74) is 0.432. The number of hydrogen-bond acceptors (Lipinski definition) is 5. The van der Waals surface area contributed by atoms with Gasteiger partial charge >= 0.3 is 0 Å². The Bertz CT molecular complexity index is 742. The molecule has 0 aliphatic carbocycles. The largest absolute Gasteiger partial charge is 0.504 e. The predicted octanol–water partition coefficient (Wildman–Crippen LogP) is 2.41. The molecule has 0 spiro atoms. The molecule has 0 unspecified atom stereocenters. The van der Waals surface area contributed by atoms with E-state index in [4.69, 9.17) is 4.42 Å².